The number of carbonyl (C=O) groups is 1. The van der Waals surface area contributed by atoms with Crippen LogP contribution < -0.4 is 0 Å². The van der Waals surface area contributed by atoms with Gasteiger partial charge in [0, 0.05) is 12.3 Å². The van der Waals surface area contributed by atoms with Crippen molar-refractivity contribution in [3.63, 3.8) is 0 Å². The molecule has 0 radical (unpaired) electrons. The van der Waals surface area contributed by atoms with Crippen LogP contribution in [0.25, 0.3) is 0 Å². The maximum atomic E-state index is 12.7. The molecule has 0 amide bonds. The highest BCUT2D eigenvalue weighted by molar-refractivity contribution is 6.93. The Hall–Kier alpha value is -0.413. The van der Waals surface area contributed by atoms with E-state index in [1.807, 2.05) is 0 Å². The van der Waals surface area contributed by atoms with Gasteiger partial charge in [-0.2, -0.15) is 0 Å². The lowest BCUT2D eigenvalue weighted by Crippen LogP contribution is -2.49. The van der Waals surface area contributed by atoms with E-state index in [1.165, 1.54) is 10.8 Å². The molecule has 0 aromatic carbocycles. The zero-order valence-electron chi connectivity index (χ0n) is 13.2. The largest absolute Gasteiger partial charge is 0.376 e. The van der Waals surface area contributed by atoms with Gasteiger partial charge in [0.15, 0.2) is 5.78 Å². The standard InChI is InChI=1S/C16H28O2Si/c1-10(2)19(11(3)4,12(5)6)16-14-9-18-8-13(14)7-15(16)17/h10-13H,7-9H2,1-6H3. The van der Waals surface area contributed by atoms with Gasteiger partial charge < -0.3 is 4.74 Å². The molecule has 0 aromatic heterocycles. The van der Waals surface area contributed by atoms with Gasteiger partial charge in [0.2, 0.25) is 0 Å². The third-order valence-corrected chi connectivity index (χ3v) is 12.6. The van der Waals surface area contributed by atoms with E-state index in [1.54, 1.807) is 0 Å². The molecule has 1 saturated heterocycles. The van der Waals surface area contributed by atoms with Crippen LogP contribution in [0.15, 0.2) is 10.8 Å². The summed E-state index contributed by atoms with van der Waals surface area (Å²) in [5.74, 6) is 0.858. The van der Waals surface area contributed by atoms with Crippen molar-refractivity contribution in [2.45, 2.75) is 64.6 Å². The minimum atomic E-state index is -1.79. The number of carbonyl (C=O) groups excluding carboxylic acids is 1. The molecule has 1 fully saturated rings. The zero-order valence-corrected chi connectivity index (χ0v) is 14.2. The molecule has 0 N–H and O–H groups in total. The summed E-state index contributed by atoms with van der Waals surface area (Å²) in [6, 6.07) is 0. The third-order valence-electron chi connectivity index (χ3n) is 5.40. The van der Waals surface area contributed by atoms with E-state index in [0.29, 0.717) is 41.4 Å². The summed E-state index contributed by atoms with van der Waals surface area (Å²) >= 11 is 0. The van der Waals surface area contributed by atoms with Crippen molar-refractivity contribution in [3.8, 4) is 0 Å². The van der Waals surface area contributed by atoms with Crippen molar-refractivity contribution in [2.75, 3.05) is 13.2 Å². The fraction of sp³-hybridized carbons (Fsp3) is 0.812. The first-order valence-electron chi connectivity index (χ1n) is 7.67. The van der Waals surface area contributed by atoms with E-state index in [-0.39, 0.29) is 0 Å². The molecule has 1 aliphatic carbocycles. The number of ketones is 1. The van der Waals surface area contributed by atoms with E-state index < -0.39 is 8.07 Å². The average molecular weight is 280 g/mol. The quantitative estimate of drug-likeness (QED) is 0.724. The molecule has 2 rings (SSSR count). The van der Waals surface area contributed by atoms with E-state index >= 15 is 0 Å². The monoisotopic (exact) mass is 280 g/mol. The fourth-order valence-electron chi connectivity index (χ4n) is 4.88. The van der Waals surface area contributed by atoms with Gasteiger partial charge in [-0.25, -0.2) is 0 Å². The Kier molecular flexibility index (Phi) is 4.08. The van der Waals surface area contributed by atoms with Crippen molar-refractivity contribution >= 4 is 13.9 Å². The van der Waals surface area contributed by atoms with E-state index in [4.69, 9.17) is 4.74 Å². The summed E-state index contributed by atoms with van der Waals surface area (Å²) in [5.41, 5.74) is 3.21. The molecule has 1 aliphatic heterocycles. The van der Waals surface area contributed by atoms with Crippen LogP contribution in [0.1, 0.15) is 48.0 Å². The van der Waals surface area contributed by atoms with Crippen LogP contribution in [-0.4, -0.2) is 27.1 Å². The molecule has 108 valence electrons. The molecule has 0 saturated carbocycles. The molecule has 1 unspecified atom stereocenters. The minimum Gasteiger partial charge on any atom is -0.376 e. The second-order valence-corrected chi connectivity index (χ2v) is 13.0. The first-order chi connectivity index (χ1) is 8.83. The Labute approximate surface area is 118 Å². The molecule has 0 aromatic rings. The third kappa shape index (κ3) is 2.06. The summed E-state index contributed by atoms with van der Waals surface area (Å²) in [5, 5.41) is 1.27. The first-order valence-corrected chi connectivity index (χ1v) is 9.91. The predicted molar refractivity (Wildman–Crippen MR) is 82.0 cm³/mol. The molecule has 0 spiro atoms. The van der Waals surface area contributed by atoms with Gasteiger partial charge in [-0.15, -0.1) is 0 Å². The Morgan fingerprint density at radius 3 is 2.05 bits per heavy atom. The van der Waals surface area contributed by atoms with Gasteiger partial charge in [0.1, 0.15) is 0 Å². The minimum absolute atomic E-state index is 0.408. The number of hydrogen-bond donors (Lipinski definition) is 0. The van der Waals surface area contributed by atoms with E-state index in [0.717, 1.165) is 6.61 Å². The van der Waals surface area contributed by atoms with Crippen molar-refractivity contribution in [1.29, 1.82) is 0 Å². The number of fused-ring (bicyclic) bond motifs is 1. The maximum Gasteiger partial charge on any atom is 0.155 e. The molecule has 2 aliphatic rings. The number of hydrogen-bond acceptors (Lipinski definition) is 2. The Morgan fingerprint density at radius 2 is 1.58 bits per heavy atom. The SMILES string of the molecule is CC(C)[Si](C1=C2COCC2CC1=O)(C(C)C)C(C)C. The van der Waals surface area contributed by atoms with E-state index in [2.05, 4.69) is 41.5 Å². The molecular weight excluding hydrogens is 252 g/mol. The van der Waals surface area contributed by atoms with Gasteiger partial charge in [0.25, 0.3) is 0 Å². The Bertz CT molecular complexity index is 385. The number of ether oxygens (including phenoxy) is 1. The van der Waals surface area contributed by atoms with Gasteiger partial charge >= 0.3 is 0 Å². The number of rotatable bonds is 4. The highest BCUT2D eigenvalue weighted by atomic mass is 28.3. The lowest BCUT2D eigenvalue weighted by atomic mass is 10.1. The normalized spacial score (nSPS) is 24.3. The molecule has 0 bridgehead atoms. The van der Waals surface area contributed by atoms with Gasteiger partial charge in [-0.3, -0.25) is 4.79 Å². The summed E-state index contributed by atoms with van der Waals surface area (Å²) in [4.78, 5) is 12.7. The van der Waals surface area contributed by atoms with Crippen LogP contribution in [0.4, 0.5) is 0 Å². The average Bonchev–Trinajstić information content (AvgIpc) is 2.80. The topological polar surface area (TPSA) is 26.3 Å². The zero-order chi connectivity index (χ0) is 14.4. The van der Waals surface area contributed by atoms with Crippen LogP contribution in [0.2, 0.25) is 16.6 Å². The molecule has 1 atom stereocenters. The van der Waals surface area contributed by atoms with Crippen LogP contribution in [0.3, 0.4) is 0 Å². The van der Waals surface area contributed by atoms with E-state index in [9.17, 15) is 4.79 Å². The maximum absolute atomic E-state index is 12.7. The molecule has 2 nitrogen and oxygen atoms in total. The van der Waals surface area contributed by atoms with Gasteiger partial charge in [0.05, 0.1) is 21.3 Å². The summed E-state index contributed by atoms with van der Waals surface area (Å²) in [6.07, 6.45) is 0.714. The lowest BCUT2D eigenvalue weighted by Gasteiger charge is -2.44. The van der Waals surface area contributed by atoms with Crippen LogP contribution >= 0.6 is 0 Å². The first kappa shape index (κ1) is 15.0. The summed E-state index contributed by atoms with van der Waals surface area (Å²) in [6.45, 7) is 15.5. The van der Waals surface area contributed by atoms with Crippen molar-refractivity contribution in [1.82, 2.24) is 0 Å². The highest BCUT2D eigenvalue weighted by Crippen LogP contribution is 2.51. The van der Waals surface area contributed by atoms with Crippen LogP contribution in [-0.2, 0) is 9.53 Å². The summed E-state index contributed by atoms with van der Waals surface area (Å²) < 4.78 is 5.64. The van der Waals surface area contributed by atoms with Crippen molar-refractivity contribution in [2.24, 2.45) is 5.92 Å². The van der Waals surface area contributed by atoms with Crippen LogP contribution in [0, 0.1) is 5.92 Å². The summed E-state index contributed by atoms with van der Waals surface area (Å²) in [7, 11) is -1.79. The van der Waals surface area contributed by atoms with Crippen LogP contribution in [0.5, 0.6) is 0 Å². The molecular formula is C16H28O2Si. The fourth-order valence-corrected chi connectivity index (χ4v) is 12.0. The second-order valence-electron chi connectivity index (χ2n) is 7.14. The Balaban J connectivity index is 2.61. The number of allylic oxidation sites excluding steroid dienone is 1. The predicted octanol–water partition coefficient (Wildman–Crippen LogP) is 4.12. The van der Waals surface area contributed by atoms with Gasteiger partial charge in [-0.1, -0.05) is 41.5 Å². The molecule has 1 heterocycles. The Morgan fingerprint density at radius 1 is 1.05 bits per heavy atom. The van der Waals surface area contributed by atoms with Crippen molar-refractivity contribution in [3.05, 3.63) is 10.8 Å². The van der Waals surface area contributed by atoms with Gasteiger partial charge in [-0.05, 0) is 27.4 Å². The second kappa shape index (κ2) is 5.17. The van der Waals surface area contributed by atoms with Crippen molar-refractivity contribution < 1.29 is 9.53 Å². The molecule has 3 heteroatoms. The lowest BCUT2D eigenvalue weighted by molar-refractivity contribution is -0.115. The number of Topliss-reactive ketones (excluding diaryl/α,β-unsaturated/α-hetero) is 1. The smallest absolute Gasteiger partial charge is 0.155 e. The highest BCUT2D eigenvalue weighted by Gasteiger charge is 2.53. The molecule has 19 heavy (non-hydrogen) atoms.